The van der Waals surface area contributed by atoms with E-state index in [1.54, 1.807) is 32.0 Å². The monoisotopic (exact) mass is 379 g/mol. The molecular formula is C19H16F3NO4. The number of rotatable bonds is 5. The highest BCUT2D eigenvalue weighted by Crippen LogP contribution is 2.32. The predicted octanol–water partition coefficient (Wildman–Crippen LogP) is 4.91. The number of aromatic nitrogens is 1. The number of nitrogens with zero attached hydrogens (tertiary/aromatic N) is 1. The van der Waals surface area contributed by atoms with Gasteiger partial charge in [-0.3, -0.25) is 4.98 Å². The van der Waals surface area contributed by atoms with Crippen LogP contribution in [0.4, 0.5) is 13.2 Å². The first-order valence-electron chi connectivity index (χ1n) is 8.15. The van der Waals surface area contributed by atoms with Crippen molar-refractivity contribution in [2.75, 3.05) is 6.61 Å². The number of carbonyl (C=O) groups is 1. The maximum atomic E-state index is 13.0. The van der Waals surface area contributed by atoms with E-state index in [1.165, 1.54) is 12.1 Å². The largest absolute Gasteiger partial charge is 0.489 e. The van der Waals surface area contributed by atoms with E-state index in [-0.39, 0.29) is 24.3 Å². The molecule has 0 radical (unpaired) electrons. The molecule has 0 N–H and O–H groups in total. The van der Waals surface area contributed by atoms with Crippen molar-refractivity contribution in [1.82, 2.24) is 4.98 Å². The number of fused-ring (bicyclic) bond motifs is 1. The molecule has 0 aliphatic heterocycles. The first kappa shape index (κ1) is 18.8. The molecule has 8 heteroatoms. The number of hydrogen-bond acceptors (Lipinski definition) is 5. The Bertz CT molecular complexity index is 979. The molecule has 3 aromatic rings. The summed E-state index contributed by atoms with van der Waals surface area (Å²) in [5, 5.41) is 0.477. The average Bonchev–Trinajstić information content (AvgIpc) is 2.94. The zero-order valence-corrected chi connectivity index (χ0v) is 14.6. The van der Waals surface area contributed by atoms with Crippen LogP contribution < -0.4 is 4.74 Å². The maximum absolute atomic E-state index is 13.0. The summed E-state index contributed by atoms with van der Waals surface area (Å²) >= 11 is 0. The van der Waals surface area contributed by atoms with Crippen LogP contribution in [0.3, 0.4) is 0 Å². The number of esters is 1. The summed E-state index contributed by atoms with van der Waals surface area (Å²) in [5.41, 5.74) is -0.341. The lowest BCUT2D eigenvalue weighted by Crippen LogP contribution is -2.13. The Labute approximate surface area is 152 Å². The Morgan fingerprint density at radius 2 is 2.04 bits per heavy atom. The molecule has 1 aromatic carbocycles. The molecular weight excluding hydrogens is 363 g/mol. The fourth-order valence-electron chi connectivity index (χ4n) is 2.72. The SMILES string of the molecule is CCOC(=O)c1c(C)oc2ccc(OCc3cccnc3C(F)(F)F)cc12. The van der Waals surface area contributed by atoms with E-state index in [0.29, 0.717) is 22.5 Å². The Hall–Kier alpha value is -3.03. The van der Waals surface area contributed by atoms with E-state index < -0.39 is 17.8 Å². The second kappa shape index (κ2) is 7.30. The quantitative estimate of drug-likeness (QED) is 0.590. The summed E-state index contributed by atoms with van der Waals surface area (Å²) in [6.45, 7) is 3.22. The molecule has 0 spiro atoms. The normalized spacial score (nSPS) is 11.6. The number of pyridine rings is 1. The minimum atomic E-state index is -4.57. The molecule has 0 saturated heterocycles. The number of carbonyl (C=O) groups excluding carboxylic acids is 1. The van der Waals surface area contributed by atoms with Gasteiger partial charge in [0.1, 0.15) is 29.3 Å². The molecule has 5 nitrogen and oxygen atoms in total. The van der Waals surface area contributed by atoms with E-state index in [1.807, 2.05) is 0 Å². The lowest BCUT2D eigenvalue weighted by Gasteiger charge is -2.12. The minimum absolute atomic E-state index is 0.0842. The van der Waals surface area contributed by atoms with Crippen LogP contribution in [-0.4, -0.2) is 17.6 Å². The Morgan fingerprint density at radius 1 is 1.26 bits per heavy atom. The predicted molar refractivity (Wildman–Crippen MR) is 90.5 cm³/mol. The summed E-state index contributed by atoms with van der Waals surface area (Å²) in [4.78, 5) is 15.5. The molecule has 0 aliphatic carbocycles. The molecule has 27 heavy (non-hydrogen) atoms. The number of halogens is 3. The summed E-state index contributed by atoms with van der Waals surface area (Å²) in [5.74, 6) is 0.163. The third-order valence-corrected chi connectivity index (χ3v) is 3.87. The van der Waals surface area contributed by atoms with Gasteiger partial charge in [-0.1, -0.05) is 6.07 Å². The standard InChI is InChI=1S/C19H16F3NO4/c1-3-25-18(24)16-11(2)27-15-7-6-13(9-14(15)16)26-10-12-5-4-8-23-17(12)19(20,21)22/h4-9H,3,10H2,1-2H3. The number of alkyl halides is 3. The van der Waals surface area contributed by atoms with E-state index in [4.69, 9.17) is 13.9 Å². The third kappa shape index (κ3) is 3.89. The van der Waals surface area contributed by atoms with Crippen molar-refractivity contribution >= 4 is 16.9 Å². The van der Waals surface area contributed by atoms with Gasteiger partial charge in [-0.2, -0.15) is 13.2 Å². The number of hydrogen-bond donors (Lipinski definition) is 0. The number of furan rings is 1. The Balaban J connectivity index is 1.89. The van der Waals surface area contributed by atoms with Gasteiger partial charge >= 0.3 is 12.1 Å². The Morgan fingerprint density at radius 3 is 2.74 bits per heavy atom. The number of aryl methyl sites for hydroxylation is 1. The molecule has 0 unspecified atom stereocenters. The lowest BCUT2D eigenvalue weighted by atomic mass is 10.1. The topological polar surface area (TPSA) is 61.6 Å². The van der Waals surface area contributed by atoms with Gasteiger partial charge in [0.05, 0.1) is 6.61 Å². The van der Waals surface area contributed by atoms with Gasteiger partial charge in [-0.05, 0) is 38.1 Å². The first-order valence-corrected chi connectivity index (χ1v) is 8.15. The van der Waals surface area contributed by atoms with Gasteiger partial charge in [-0.25, -0.2) is 4.79 Å². The van der Waals surface area contributed by atoms with Crippen LogP contribution in [0.25, 0.3) is 11.0 Å². The highest BCUT2D eigenvalue weighted by Gasteiger charge is 2.35. The van der Waals surface area contributed by atoms with Crippen molar-refractivity contribution in [3.63, 3.8) is 0 Å². The van der Waals surface area contributed by atoms with Crippen LogP contribution in [0.1, 0.15) is 34.3 Å². The van der Waals surface area contributed by atoms with Gasteiger partial charge in [0, 0.05) is 17.1 Å². The van der Waals surface area contributed by atoms with Gasteiger partial charge in [0.2, 0.25) is 0 Å². The zero-order valence-electron chi connectivity index (χ0n) is 14.6. The molecule has 0 amide bonds. The summed E-state index contributed by atoms with van der Waals surface area (Å²) in [6, 6.07) is 7.41. The van der Waals surface area contributed by atoms with Crippen molar-refractivity contribution in [2.45, 2.75) is 26.6 Å². The highest BCUT2D eigenvalue weighted by atomic mass is 19.4. The highest BCUT2D eigenvalue weighted by molar-refractivity contribution is 6.04. The third-order valence-electron chi connectivity index (χ3n) is 3.87. The number of ether oxygens (including phenoxy) is 2. The minimum Gasteiger partial charge on any atom is -0.489 e. The first-order chi connectivity index (χ1) is 12.8. The zero-order chi connectivity index (χ0) is 19.6. The molecule has 142 valence electrons. The second-order valence-electron chi connectivity index (χ2n) is 5.71. The summed E-state index contributed by atoms with van der Waals surface area (Å²) in [7, 11) is 0. The van der Waals surface area contributed by atoms with Crippen LogP contribution in [0, 0.1) is 6.92 Å². The van der Waals surface area contributed by atoms with Crippen LogP contribution in [0.15, 0.2) is 40.9 Å². The molecule has 0 bridgehead atoms. The van der Waals surface area contributed by atoms with Crippen molar-refractivity contribution < 1.29 is 31.9 Å². The van der Waals surface area contributed by atoms with E-state index >= 15 is 0 Å². The fourth-order valence-corrected chi connectivity index (χ4v) is 2.72. The van der Waals surface area contributed by atoms with E-state index in [2.05, 4.69) is 4.98 Å². The molecule has 0 fully saturated rings. The van der Waals surface area contributed by atoms with Crippen LogP contribution in [-0.2, 0) is 17.5 Å². The van der Waals surface area contributed by atoms with E-state index in [0.717, 1.165) is 6.20 Å². The van der Waals surface area contributed by atoms with Crippen molar-refractivity contribution in [2.24, 2.45) is 0 Å². The van der Waals surface area contributed by atoms with Crippen LogP contribution in [0.5, 0.6) is 5.75 Å². The molecule has 2 aromatic heterocycles. The van der Waals surface area contributed by atoms with Gasteiger partial charge in [-0.15, -0.1) is 0 Å². The average molecular weight is 379 g/mol. The molecule has 0 atom stereocenters. The van der Waals surface area contributed by atoms with Crippen LogP contribution in [0.2, 0.25) is 0 Å². The van der Waals surface area contributed by atoms with Gasteiger partial charge < -0.3 is 13.9 Å². The Kier molecular flexibility index (Phi) is 5.07. The summed E-state index contributed by atoms with van der Waals surface area (Å²) in [6.07, 6.45) is -3.49. The molecule has 2 heterocycles. The second-order valence-corrected chi connectivity index (χ2v) is 5.71. The van der Waals surface area contributed by atoms with Gasteiger partial charge in [0.25, 0.3) is 0 Å². The molecule has 3 rings (SSSR count). The van der Waals surface area contributed by atoms with Gasteiger partial charge in [0.15, 0.2) is 5.69 Å². The van der Waals surface area contributed by atoms with Crippen molar-refractivity contribution in [3.8, 4) is 5.75 Å². The van der Waals surface area contributed by atoms with Crippen molar-refractivity contribution in [3.05, 3.63) is 59.1 Å². The summed E-state index contributed by atoms with van der Waals surface area (Å²) < 4.78 is 55.1. The fraction of sp³-hybridized carbons (Fsp3) is 0.263. The molecule has 0 aliphatic rings. The smallest absolute Gasteiger partial charge is 0.433 e. The molecule has 0 saturated carbocycles. The van der Waals surface area contributed by atoms with Crippen molar-refractivity contribution in [1.29, 1.82) is 0 Å². The number of benzene rings is 1. The van der Waals surface area contributed by atoms with E-state index in [9.17, 15) is 18.0 Å². The maximum Gasteiger partial charge on any atom is 0.433 e. The van der Waals surface area contributed by atoms with Crippen LogP contribution >= 0.6 is 0 Å². The lowest BCUT2D eigenvalue weighted by molar-refractivity contribution is -0.142.